The Labute approximate surface area is 243 Å². The third kappa shape index (κ3) is 11.8. The molecular weight excluding hydrogens is 524 g/mol. The Hall–Kier alpha value is -3.68. The standard InChI is InChI=1S/C33H44O8/c1-22(2)40-31(35)25(6)29(33(37)41-23(3)4)21-24(5)30(34)38-19-11-8-12-20-39-32(36)28-17-15-27(16-18-28)26-13-9-7-10-14-26/h7,9-10,13-18,22-25,29H,8,11-12,19-21H2,1-6H3. The van der Waals surface area contributed by atoms with Crippen molar-refractivity contribution >= 4 is 23.9 Å². The highest BCUT2D eigenvalue weighted by Crippen LogP contribution is 2.26. The number of hydrogen-bond donors (Lipinski definition) is 0. The van der Waals surface area contributed by atoms with Crippen LogP contribution in [0, 0.1) is 17.8 Å². The highest BCUT2D eigenvalue weighted by molar-refractivity contribution is 5.90. The number of esters is 4. The molecule has 0 saturated heterocycles. The molecule has 0 spiro atoms. The molecule has 0 amide bonds. The summed E-state index contributed by atoms with van der Waals surface area (Å²) in [6.07, 6.45) is 1.41. The topological polar surface area (TPSA) is 105 Å². The van der Waals surface area contributed by atoms with Crippen molar-refractivity contribution in [1.82, 2.24) is 0 Å². The average molecular weight is 569 g/mol. The lowest BCUT2D eigenvalue weighted by molar-refractivity contribution is -0.166. The minimum atomic E-state index is -0.824. The Bertz CT molecular complexity index is 1110. The highest BCUT2D eigenvalue weighted by atomic mass is 16.6. The number of rotatable bonds is 16. The molecule has 0 aliphatic rings. The van der Waals surface area contributed by atoms with E-state index in [1.807, 2.05) is 42.5 Å². The van der Waals surface area contributed by atoms with Crippen molar-refractivity contribution in [3.05, 3.63) is 60.2 Å². The fourth-order valence-electron chi connectivity index (χ4n) is 4.18. The second-order valence-electron chi connectivity index (χ2n) is 10.8. The highest BCUT2D eigenvalue weighted by Gasteiger charge is 2.36. The predicted octanol–water partition coefficient (Wildman–Crippen LogP) is 6.41. The zero-order valence-corrected chi connectivity index (χ0v) is 25.1. The number of ether oxygens (including phenoxy) is 4. The van der Waals surface area contributed by atoms with Crippen LogP contribution in [-0.4, -0.2) is 49.3 Å². The molecule has 0 bridgehead atoms. The maximum atomic E-state index is 12.7. The van der Waals surface area contributed by atoms with Gasteiger partial charge >= 0.3 is 23.9 Å². The van der Waals surface area contributed by atoms with Crippen molar-refractivity contribution in [2.75, 3.05) is 13.2 Å². The van der Waals surface area contributed by atoms with Gasteiger partial charge in [-0.1, -0.05) is 56.3 Å². The molecule has 2 aromatic rings. The van der Waals surface area contributed by atoms with Gasteiger partial charge in [0.2, 0.25) is 0 Å². The van der Waals surface area contributed by atoms with Gasteiger partial charge in [-0.3, -0.25) is 14.4 Å². The minimum absolute atomic E-state index is 0.112. The largest absolute Gasteiger partial charge is 0.465 e. The van der Waals surface area contributed by atoms with Crippen LogP contribution in [0.15, 0.2) is 54.6 Å². The number of benzene rings is 2. The molecular formula is C33H44O8. The third-order valence-electron chi connectivity index (χ3n) is 6.49. The Kier molecular flexibility index (Phi) is 14.1. The van der Waals surface area contributed by atoms with Gasteiger partial charge in [0.05, 0.1) is 48.7 Å². The van der Waals surface area contributed by atoms with Gasteiger partial charge in [-0.05, 0) is 76.6 Å². The fourth-order valence-corrected chi connectivity index (χ4v) is 4.18. The maximum absolute atomic E-state index is 12.7. The van der Waals surface area contributed by atoms with Crippen molar-refractivity contribution in [1.29, 1.82) is 0 Å². The summed E-state index contributed by atoms with van der Waals surface area (Å²) in [5.41, 5.74) is 2.60. The summed E-state index contributed by atoms with van der Waals surface area (Å²) in [6.45, 7) is 10.7. The Balaban J connectivity index is 1.71. The molecule has 0 radical (unpaired) electrons. The molecule has 2 rings (SSSR count). The quantitative estimate of drug-likeness (QED) is 0.130. The molecule has 0 N–H and O–H groups in total. The van der Waals surface area contributed by atoms with E-state index in [-0.39, 0.29) is 37.8 Å². The lowest BCUT2D eigenvalue weighted by Crippen LogP contribution is -2.35. The summed E-state index contributed by atoms with van der Waals surface area (Å²) in [6, 6.07) is 17.2. The number of carbonyl (C=O) groups excluding carboxylic acids is 4. The summed E-state index contributed by atoms with van der Waals surface area (Å²) in [4.78, 5) is 50.1. The fraction of sp³-hybridized carbons (Fsp3) is 0.515. The van der Waals surface area contributed by atoms with Crippen molar-refractivity contribution in [2.45, 2.75) is 79.4 Å². The molecule has 0 heterocycles. The van der Waals surface area contributed by atoms with Crippen LogP contribution in [0.5, 0.6) is 0 Å². The van der Waals surface area contributed by atoms with Crippen LogP contribution in [0.1, 0.15) is 77.6 Å². The molecule has 0 fully saturated rings. The van der Waals surface area contributed by atoms with E-state index in [0.717, 1.165) is 11.1 Å². The average Bonchev–Trinajstić information content (AvgIpc) is 2.94. The summed E-state index contributed by atoms with van der Waals surface area (Å²) < 4.78 is 21.4. The molecule has 0 aliphatic heterocycles. The van der Waals surface area contributed by atoms with Crippen LogP contribution in [0.4, 0.5) is 0 Å². The van der Waals surface area contributed by atoms with E-state index in [4.69, 9.17) is 18.9 Å². The van der Waals surface area contributed by atoms with E-state index >= 15 is 0 Å². The van der Waals surface area contributed by atoms with Crippen LogP contribution in [0.25, 0.3) is 11.1 Å². The molecule has 41 heavy (non-hydrogen) atoms. The van der Waals surface area contributed by atoms with Crippen molar-refractivity contribution in [3.8, 4) is 11.1 Å². The van der Waals surface area contributed by atoms with E-state index < -0.39 is 35.7 Å². The zero-order chi connectivity index (χ0) is 30.4. The van der Waals surface area contributed by atoms with E-state index in [1.165, 1.54) is 0 Å². The smallest absolute Gasteiger partial charge is 0.338 e. The van der Waals surface area contributed by atoms with Gasteiger partial charge in [0.1, 0.15) is 0 Å². The van der Waals surface area contributed by atoms with Gasteiger partial charge in [-0.2, -0.15) is 0 Å². The third-order valence-corrected chi connectivity index (χ3v) is 6.49. The second kappa shape index (κ2) is 17.2. The summed E-state index contributed by atoms with van der Waals surface area (Å²) in [5.74, 6) is -4.04. The molecule has 224 valence electrons. The molecule has 0 saturated carbocycles. The van der Waals surface area contributed by atoms with Gasteiger partial charge in [-0.15, -0.1) is 0 Å². The first-order valence-corrected chi connectivity index (χ1v) is 14.4. The SMILES string of the molecule is CC(C)OC(=O)C(C)C(CC(C)C(=O)OCCCCCOC(=O)c1ccc(-c2ccccc2)cc1)C(=O)OC(C)C. The lowest BCUT2D eigenvalue weighted by Gasteiger charge is -2.25. The van der Waals surface area contributed by atoms with Crippen molar-refractivity contribution < 1.29 is 38.1 Å². The van der Waals surface area contributed by atoms with E-state index in [1.54, 1.807) is 53.7 Å². The molecule has 8 heteroatoms. The molecule has 0 aliphatic carbocycles. The maximum Gasteiger partial charge on any atom is 0.338 e. The first kappa shape index (κ1) is 33.5. The zero-order valence-electron chi connectivity index (χ0n) is 25.1. The van der Waals surface area contributed by atoms with E-state index in [2.05, 4.69) is 0 Å². The normalized spacial score (nSPS) is 13.3. The van der Waals surface area contributed by atoms with Gasteiger partial charge in [-0.25, -0.2) is 4.79 Å². The van der Waals surface area contributed by atoms with Gasteiger partial charge in [0, 0.05) is 0 Å². The molecule has 2 aromatic carbocycles. The first-order chi connectivity index (χ1) is 19.5. The van der Waals surface area contributed by atoms with Crippen LogP contribution < -0.4 is 0 Å². The summed E-state index contributed by atoms with van der Waals surface area (Å²) in [5, 5.41) is 0. The van der Waals surface area contributed by atoms with Crippen LogP contribution in [0.3, 0.4) is 0 Å². The van der Waals surface area contributed by atoms with Gasteiger partial charge in [0.15, 0.2) is 0 Å². The van der Waals surface area contributed by atoms with Crippen molar-refractivity contribution in [3.63, 3.8) is 0 Å². The Morgan fingerprint density at radius 1 is 0.610 bits per heavy atom. The van der Waals surface area contributed by atoms with Gasteiger partial charge in [0.25, 0.3) is 0 Å². The Morgan fingerprint density at radius 3 is 1.73 bits per heavy atom. The van der Waals surface area contributed by atoms with Crippen LogP contribution in [-0.2, 0) is 33.3 Å². The number of unbranched alkanes of at least 4 members (excludes halogenated alkanes) is 2. The molecule has 8 nitrogen and oxygen atoms in total. The monoisotopic (exact) mass is 568 g/mol. The van der Waals surface area contributed by atoms with Crippen LogP contribution >= 0.6 is 0 Å². The van der Waals surface area contributed by atoms with E-state index in [0.29, 0.717) is 24.8 Å². The molecule has 0 aromatic heterocycles. The predicted molar refractivity (Wildman–Crippen MR) is 156 cm³/mol. The summed E-state index contributed by atoms with van der Waals surface area (Å²) in [7, 11) is 0. The molecule has 3 atom stereocenters. The number of carbonyl (C=O) groups is 4. The minimum Gasteiger partial charge on any atom is -0.465 e. The summed E-state index contributed by atoms with van der Waals surface area (Å²) >= 11 is 0. The number of hydrogen-bond acceptors (Lipinski definition) is 8. The van der Waals surface area contributed by atoms with E-state index in [9.17, 15) is 19.2 Å². The first-order valence-electron chi connectivity index (χ1n) is 14.4. The lowest BCUT2D eigenvalue weighted by atomic mass is 9.85. The molecule has 3 unspecified atom stereocenters. The van der Waals surface area contributed by atoms with Crippen molar-refractivity contribution in [2.24, 2.45) is 17.8 Å². The van der Waals surface area contributed by atoms with Gasteiger partial charge < -0.3 is 18.9 Å². The van der Waals surface area contributed by atoms with Crippen LogP contribution in [0.2, 0.25) is 0 Å². The Morgan fingerprint density at radius 2 is 1.15 bits per heavy atom. The second-order valence-corrected chi connectivity index (χ2v) is 10.8.